The number of aryl methyl sites for hydroxylation is 1. The largest absolute Gasteiger partial charge is 0.398 e. The highest BCUT2D eigenvalue weighted by atomic mass is 79.9. The van der Waals surface area contributed by atoms with Crippen molar-refractivity contribution in [3.63, 3.8) is 0 Å². The first kappa shape index (κ1) is 22.1. The van der Waals surface area contributed by atoms with E-state index in [2.05, 4.69) is 38.9 Å². The van der Waals surface area contributed by atoms with Gasteiger partial charge < -0.3 is 26.2 Å². The molecule has 7 nitrogen and oxygen atoms in total. The Morgan fingerprint density at radius 2 is 1.97 bits per heavy atom. The lowest BCUT2D eigenvalue weighted by atomic mass is 9.72. The van der Waals surface area contributed by atoms with E-state index in [1.807, 2.05) is 35.0 Å². The molecule has 3 aromatic heterocycles. The SMILES string of the molecule is C[C@]1(CCc2ccc3cc(Br)c(N)nc3c2)C[C@@H](n2ccc3c(N)ccnc32)[C@H](O)[C@]1(C)O. The summed E-state index contributed by atoms with van der Waals surface area (Å²) in [4.78, 5) is 8.96. The summed E-state index contributed by atoms with van der Waals surface area (Å²) in [5.41, 5.74) is 13.6. The molecule has 4 atom stereocenters. The molecular formula is C25H28BrN5O2. The molecule has 0 unspecified atom stereocenters. The molecular weight excluding hydrogens is 482 g/mol. The van der Waals surface area contributed by atoms with Gasteiger partial charge in [0.2, 0.25) is 0 Å². The van der Waals surface area contributed by atoms with Crippen LogP contribution in [0.2, 0.25) is 0 Å². The van der Waals surface area contributed by atoms with Crippen LogP contribution in [0.1, 0.15) is 38.3 Å². The number of halogens is 1. The minimum absolute atomic E-state index is 0.299. The molecule has 6 N–H and O–H groups in total. The Labute approximate surface area is 200 Å². The fourth-order valence-electron chi connectivity index (χ4n) is 5.24. The minimum Gasteiger partial charge on any atom is -0.398 e. The van der Waals surface area contributed by atoms with Gasteiger partial charge in [-0.1, -0.05) is 19.1 Å². The van der Waals surface area contributed by atoms with E-state index < -0.39 is 17.1 Å². The number of hydrogen-bond acceptors (Lipinski definition) is 6. The molecule has 172 valence electrons. The van der Waals surface area contributed by atoms with Crippen molar-refractivity contribution in [2.45, 2.75) is 50.9 Å². The number of pyridine rings is 2. The van der Waals surface area contributed by atoms with Crippen LogP contribution in [0.15, 0.2) is 53.3 Å². The van der Waals surface area contributed by atoms with Gasteiger partial charge in [0.05, 0.1) is 21.6 Å². The highest BCUT2D eigenvalue weighted by Crippen LogP contribution is 2.54. The molecule has 0 aliphatic heterocycles. The Morgan fingerprint density at radius 3 is 2.76 bits per heavy atom. The fourth-order valence-corrected chi connectivity index (χ4v) is 5.58. The van der Waals surface area contributed by atoms with Gasteiger partial charge in [0, 0.05) is 34.3 Å². The summed E-state index contributed by atoms with van der Waals surface area (Å²) < 4.78 is 2.74. The van der Waals surface area contributed by atoms with Gasteiger partial charge in [0.25, 0.3) is 0 Å². The van der Waals surface area contributed by atoms with E-state index in [0.717, 1.165) is 38.4 Å². The Kier molecular flexibility index (Phi) is 5.15. The van der Waals surface area contributed by atoms with Crippen molar-refractivity contribution in [2.75, 3.05) is 11.5 Å². The molecule has 0 radical (unpaired) electrons. The summed E-state index contributed by atoms with van der Waals surface area (Å²) >= 11 is 3.42. The third-order valence-electron chi connectivity index (χ3n) is 7.66. The zero-order chi connectivity index (χ0) is 23.5. The maximum atomic E-state index is 11.5. The number of anilines is 2. The van der Waals surface area contributed by atoms with Crippen molar-refractivity contribution in [1.82, 2.24) is 14.5 Å². The number of nitrogens with zero attached hydrogens (tertiary/aromatic N) is 3. The second-order valence-electron chi connectivity index (χ2n) is 9.67. The first-order valence-corrected chi connectivity index (χ1v) is 11.9. The number of fused-ring (bicyclic) bond motifs is 2. The Balaban J connectivity index is 1.42. The number of rotatable bonds is 4. The zero-order valence-electron chi connectivity index (χ0n) is 18.7. The van der Waals surface area contributed by atoms with E-state index >= 15 is 0 Å². The van der Waals surface area contributed by atoms with Crippen LogP contribution in [0.5, 0.6) is 0 Å². The van der Waals surface area contributed by atoms with E-state index in [-0.39, 0.29) is 6.04 Å². The summed E-state index contributed by atoms with van der Waals surface area (Å²) in [6.07, 6.45) is 4.72. The molecule has 1 aliphatic carbocycles. The molecule has 0 spiro atoms. The number of hydrogen-bond donors (Lipinski definition) is 4. The smallest absolute Gasteiger partial charge is 0.142 e. The standard InChI is InChI=1S/C25H28BrN5O2/c1-24(8-5-14-3-4-15-12-17(26)22(28)30-19(15)11-14)13-20(21(32)25(24,2)33)31-10-7-16-18(27)6-9-29-23(16)31/h3-4,6-7,9-12,20-21,32-33H,5,8,13H2,1-2H3,(H2,27,29)(H2,28,30)/t20-,21+,24+,25+/m1/s1. The molecule has 3 heterocycles. The number of benzene rings is 1. The molecule has 8 heteroatoms. The quantitative estimate of drug-likeness (QED) is 0.326. The first-order valence-electron chi connectivity index (χ1n) is 11.1. The summed E-state index contributed by atoms with van der Waals surface area (Å²) in [7, 11) is 0. The molecule has 1 saturated carbocycles. The summed E-state index contributed by atoms with van der Waals surface area (Å²) in [5, 5.41) is 24.5. The lowest BCUT2D eigenvalue weighted by molar-refractivity contribution is -0.110. The molecule has 1 aromatic carbocycles. The molecule has 0 amide bonds. The van der Waals surface area contributed by atoms with Gasteiger partial charge in [0.1, 0.15) is 17.6 Å². The third kappa shape index (κ3) is 3.48. The van der Waals surface area contributed by atoms with Crippen LogP contribution in [0.3, 0.4) is 0 Å². The van der Waals surface area contributed by atoms with Gasteiger partial charge in [-0.2, -0.15) is 0 Å². The average molecular weight is 510 g/mol. The van der Waals surface area contributed by atoms with E-state index in [1.54, 1.807) is 19.2 Å². The van der Waals surface area contributed by atoms with E-state index in [9.17, 15) is 10.2 Å². The lowest BCUT2D eigenvalue weighted by Crippen LogP contribution is -2.47. The van der Waals surface area contributed by atoms with Crippen molar-refractivity contribution in [3.8, 4) is 0 Å². The Bertz CT molecular complexity index is 1370. The van der Waals surface area contributed by atoms with Crippen LogP contribution in [-0.2, 0) is 6.42 Å². The fraction of sp³-hybridized carbons (Fsp3) is 0.360. The highest BCUT2D eigenvalue weighted by Gasteiger charge is 2.58. The second kappa shape index (κ2) is 7.68. The van der Waals surface area contributed by atoms with Gasteiger partial charge >= 0.3 is 0 Å². The molecule has 33 heavy (non-hydrogen) atoms. The van der Waals surface area contributed by atoms with Crippen LogP contribution in [-0.4, -0.2) is 36.5 Å². The topological polar surface area (TPSA) is 123 Å². The maximum Gasteiger partial charge on any atom is 0.142 e. The van der Waals surface area contributed by atoms with Gasteiger partial charge in [0.15, 0.2) is 0 Å². The zero-order valence-corrected chi connectivity index (χ0v) is 20.2. The van der Waals surface area contributed by atoms with Crippen molar-refractivity contribution < 1.29 is 10.2 Å². The molecule has 0 bridgehead atoms. The summed E-state index contributed by atoms with van der Waals surface area (Å²) in [6, 6.07) is 11.5. The van der Waals surface area contributed by atoms with E-state index in [4.69, 9.17) is 11.5 Å². The van der Waals surface area contributed by atoms with Gasteiger partial charge in [-0.05, 0) is 71.9 Å². The van der Waals surface area contributed by atoms with Gasteiger partial charge in [-0.3, -0.25) is 0 Å². The van der Waals surface area contributed by atoms with E-state index in [1.165, 1.54) is 0 Å². The van der Waals surface area contributed by atoms with Gasteiger partial charge in [-0.25, -0.2) is 9.97 Å². The second-order valence-corrected chi connectivity index (χ2v) is 10.5. The van der Waals surface area contributed by atoms with Crippen LogP contribution in [0.25, 0.3) is 21.9 Å². The average Bonchev–Trinajstić information content (AvgIpc) is 3.28. The molecule has 0 saturated heterocycles. The van der Waals surface area contributed by atoms with Crippen LogP contribution in [0.4, 0.5) is 11.5 Å². The first-order chi connectivity index (χ1) is 15.6. The minimum atomic E-state index is -1.26. The van der Waals surface area contributed by atoms with Gasteiger partial charge in [-0.15, -0.1) is 0 Å². The third-order valence-corrected chi connectivity index (χ3v) is 8.29. The predicted molar refractivity (Wildman–Crippen MR) is 135 cm³/mol. The van der Waals surface area contributed by atoms with Crippen molar-refractivity contribution in [1.29, 1.82) is 0 Å². The molecule has 1 fully saturated rings. The monoisotopic (exact) mass is 509 g/mol. The Hall–Kier alpha value is -2.68. The predicted octanol–water partition coefficient (Wildman–Crippen LogP) is 4.21. The summed E-state index contributed by atoms with van der Waals surface area (Å²) in [5.74, 6) is 0.462. The normalized spacial score (nSPS) is 27.5. The number of nitrogens with two attached hydrogens (primary N) is 2. The van der Waals surface area contributed by atoms with Crippen molar-refractivity contribution >= 4 is 49.4 Å². The number of aliphatic hydroxyl groups is 2. The van der Waals surface area contributed by atoms with Crippen molar-refractivity contribution in [2.24, 2.45) is 5.41 Å². The number of aliphatic hydroxyl groups excluding tert-OH is 1. The molecule has 1 aliphatic rings. The number of nitrogen functional groups attached to an aromatic ring is 2. The van der Waals surface area contributed by atoms with Crippen molar-refractivity contribution in [3.05, 3.63) is 58.8 Å². The van der Waals surface area contributed by atoms with Crippen LogP contribution >= 0.6 is 15.9 Å². The van der Waals surface area contributed by atoms with E-state index in [0.29, 0.717) is 24.3 Å². The lowest BCUT2D eigenvalue weighted by Gasteiger charge is -2.38. The highest BCUT2D eigenvalue weighted by molar-refractivity contribution is 9.10. The maximum absolute atomic E-state index is 11.5. The number of aromatic nitrogens is 3. The molecule has 4 aromatic rings. The van der Waals surface area contributed by atoms with Crippen LogP contribution in [0, 0.1) is 5.41 Å². The Morgan fingerprint density at radius 1 is 1.18 bits per heavy atom. The molecule has 5 rings (SSSR count). The summed E-state index contributed by atoms with van der Waals surface area (Å²) in [6.45, 7) is 3.80. The van der Waals surface area contributed by atoms with Crippen LogP contribution < -0.4 is 11.5 Å².